The van der Waals surface area contributed by atoms with Crippen LogP contribution < -0.4 is 19.8 Å². The summed E-state index contributed by atoms with van der Waals surface area (Å²) in [5, 5.41) is 2.75. The highest BCUT2D eigenvalue weighted by Gasteiger charge is 2.45. The molecule has 3 heterocycles. The Morgan fingerprint density at radius 1 is 1.09 bits per heavy atom. The molecule has 162 valence electrons. The number of fused-ring (bicyclic) bond motifs is 2. The Morgan fingerprint density at radius 3 is 2.56 bits per heavy atom. The van der Waals surface area contributed by atoms with Gasteiger partial charge in [0.05, 0.1) is 36.9 Å². The smallest absolute Gasteiger partial charge is 0.297 e. The molecular formula is C23H17BrN2O5S. The molecule has 2 aromatic carbocycles. The minimum absolute atomic E-state index is 0.0254. The van der Waals surface area contributed by atoms with Crippen LogP contribution in [0.15, 0.2) is 55.5 Å². The predicted octanol–water partition coefficient (Wildman–Crippen LogP) is 5.09. The number of anilines is 1. The van der Waals surface area contributed by atoms with Gasteiger partial charge in [-0.15, -0.1) is 11.3 Å². The van der Waals surface area contributed by atoms with Gasteiger partial charge in [-0.1, -0.05) is 22.0 Å². The molecule has 0 radical (unpaired) electrons. The van der Waals surface area contributed by atoms with E-state index >= 15 is 0 Å². The second-order valence-electron chi connectivity index (χ2n) is 7.28. The second-order valence-corrected chi connectivity index (χ2v) is 9.03. The number of aromatic nitrogens is 1. The zero-order valence-corrected chi connectivity index (χ0v) is 19.7. The number of halogens is 1. The van der Waals surface area contributed by atoms with Crippen LogP contribution in [0.1, 0.15) is 33.4 Å². The number of benzene rings is 2. The summed E-state index contributed by atoms with van der Waals surface area (Å²) in [5.41, 5.74) is 1.85. The van der Waals surface area contributed by atoms with Crippen LogP contribution in [-0.4, -0.2) is 25.1 Å². The number of rotatable bonds is 4. The molecule has 0 bridgehead atoms. The predicted molar refractivity (Wildman–Crippen MR) is 125 cm³/mol. The van der Waals surface area contributed by atoms with Crippen molar-refractivity contribution in [1.29, 1.82) is 0 Å². The van der Waals surface area contributed by atoms with E-state index in [1.807, 2.05) is 18.4 Å². The zero-order valence-electron chi connectivity index (χ0n) is 17.3. The lowest BCUT2D eigenvalue weighted by Crippen LogP contribution is -2.29. The first-order valence-corrected chi connectivity index (χ1v) is 11.3. The van der Waals surface area contributed by atoms with Crippen LogP contribution >= 0.6 is 27.3 Å². The van der Waals surface area contributed by atoms with Crippen LogP contribution in [0.3, 0.4) is 0 Å². The Morgan fingerprint density at radius 2 is 1.88 bits per heavy atom. The molecule has 0 saturated carbocycles. The van der Waals surface area contributed by atoms with Gasteiger partial charge in [0.25, 0.3) is 5.91 Å². The fourth-order valence-corrected chi connectivity index (χ4v) is 5.12. The van der Waals surface area contributed by atoms with Gasteiger partial charge in [-0.3, -0.25) is 14.5 Å². The third-order valence-electron chi connectivity index (χ3n) is 5.37. The molecule has 2 aromatic heterocycles. The van der Waals surface area contributed by atoms with E-state index in [0.717, 1.165) is 10.2 Å². The third kappa shape index (κ3) is 3.11. The number of hydrogen-bond donors (Lipinski definition) is 0. The van der Waals surface area contributed by atoms with Crippen LogP contribution in [0.25, 0.3) is 11.0 Å². The minimum Gasteiger partial charge on any atom is -0.493 e. The van der Waals surface area contributed by atoms with Crippen molar-refractivity contribution in [2.24, 2.45) is 0 Å². The van der Waals surface area contributed by atoms with E-state index in [1.54, 1.807) is 37.4 Å². The summed E-state index contributed by atoms with van der Waals surface area (Å²) in [6, 6.07) is 9.76. The van der Waals surface area contributed by atoms with E-state index in [2.05, 4.69) is 20.9 Å². The van der Waals surface area contributed by atoms with Crippen LogP contribution in [0.2, 0.25) is 0 Å². The number of ether oxygens (including phenoxy) is 2. The van der Waals surface area contributed by atoms with Crippen LogP contribution in [0.5, 0.6) is 11.5 Å². The van der Waals surface area contributed by atoms with Gasteiger partial charge in [0.15, 0.2) is 22.1 Å². The van der Waals surface area contributed by atoms with Gasteiger partial charge in [-0.05, 0) is 42.8 Å². The summed E-state index contributed by atoms with van der Waals surface area (Å²) in [7, 11) is 3.09. The molecule has 5 rings (SSSR count). The molecule has 0 aliphatic carbocycles. The highest BCUT2D eigenvalue weighted by Crippen LogP contribution is 2.44. The summed E-state index contributed by atoms with van der Waals surface area (Å²) >= 11 is 4.75. The molecule has 0 saturated heterocycles. The van der Waals surface area contributed by atoms with Crippen molar-refractivity contribution in [3.63, 3.8) is 0 Å². The van der Waals surface area contributed by atoms with Crippen LogP contribution in [-0.2, 0) is 0 Å². The molecule has 0 N–H and O–H groups in total. The fourth-order valence-electron chi connectivity index (χ4n) is 3.93. The van der Waals surface area contributed by atoms with Crippen molar-refractivity contribution in [2.75, 3.05) is 19.1 Å². The van der Waals surface area contributed by atoms with E-state index in [1.165, 1.54) is 23.3 Å². The molecule has 1 aliphatic rings. The first kappa shape index (κ1) is 20.7. The number of amides is 1. The number of thiazole rings is 1. The van der Waals surface area contributed by atoms with E-state index in [0.29, 0.717) is 33.2 Å². The summed E-state index contributed by atoms with van der Waals surface area (Å²) in [6.45, 7) is 1.86. The van der Waals surface area contributed by atoms with E-state index < -0.39 is 11.9 Å². The van der Waals surface area contributed by atoms with E-state index in [4.69, 9.17) is 13.9 Å². The van der Waals surface area contributed by atoms with Crippen molar-refractivity contribution < 1.29 is 18.7 Å². The maximum absolute atomic E-state index is 13.6. The van der Waals surface area contributed by atoms with E-state index in [9.17, 15) is 9.59 Å². The lowest BCUT2D eigenvalue weighted by molar-refractivity contribution is 0.0971. The quantitative estimate of drug-likeness (QED) is 0.378. The van der Waals surface area contributed by atoms with Gasteiger partial charge < -0.3 is 13.9 Å². The normalized spacial score (nSPS) is 15.3. The van der Waals surface area contributed by atoms with Gasteiger partial charge in [-0.25, -0.2) is 4.98 Å². The summed E-state index contributed by atoms with van der Waals surface area (Å²) in [6.07, 6.45) is 0. The summed E-state index contributed by atoms with van der Waals surface area (Å²) < 4.78 is 17.5. The Hall–Kier alpha value is -3.17. The number of carbonyl (C=O) groups is 1. The second kappa shape index (κ2) is 7.75. The zero-order chi connectivity index (χ0) is 22.6. The van der Waals surface area contributed by atoms with Gasteiger partial charge in [-0.2, -0.15) is 0 Å². The Bertz CT molecular complexity index is 1440. The maximum atomic E-state index is 13.6. The molecule has 7 nitrogen and oxygen atoms in total. The number of methoxy groups -OCH3 is 2. The van der Waals surface area contributed by atoms with E-state index in [-0.39, 0.29) is 16.8 Å². The van der Waals surface area contributed by atoms with Crippen molar-refractivity contribution in [3.05, 3.63) is 79.1 Å². The molecule has 0 spiro atoms. The van der Waals surface area contributed by atoms with Gasteiger partial charge >= 0.3 is 0 Å². The van der Waals surface area contributed by atoms with Crippen LogP contribution in [0, 0.1) is 6.92 Å². The van der Waals surface area contributed by atoms with Crippen LogP contribution in [0.4, 0.5) is 5.13 Å². The summed E-state index contributed by atoms with van der Waals surface area (Å²) in [5.74, 6) is 0.662. The molecule has 1 atom stereocenters. The number of carbonyl (C=O) groups excluding carboxylic acids is 1. The van der Waals surface area contributed by atoms with Gasteiger partial charge in [0, 0.05) is 9.85 Å². The largest absolute Gasteiger partial charge is 0.493 e. The highest BCUT2D eigenvalue weighted by molar-refractivity contribution is 9.10. The molecule has 1 aliphatic heterocycles. The van der Waals surface area contributed by atoms with Crippen molar-refractivity contribution in [1.82, 2.24) is 4.98 Å². The number of aryl methyl sites for hydroxylation is 1. The number of hydrogen-bond acceptors (Lipinski definition) is 7. The first-order valence-electron chi connectivity index (χ1n) is 9.66. The average molecular weight is 513 g/mol. The van der Waals surface area contributed by atoms with Crippen molar-refractivity contribution >= 4 is 49.3 Å². The molecular weight excluding hydrogens is 496 g/mol. The van der Waals surface area contributed by atoms with Crippen molar-refractivity contribution in [2.45, 2.75) is 13.0 Å². The highest BCUT2D eigenvalue weighted by atomic mass is 79.9. The maximum Gasteiger partial charge on any atom is 0.297 e. The Labute approximate surface area is 195 Å². The Balaban J connectivity index is 1.81. The minimum atomic E-state index is -0.720. The Kier molecular flexibility index (Phi) is 5.02. The van der Waals surface area contributed by atoms with Gasteiger partial charge in [0.2, 0.25) is 5.76 Å². The third-order valence-corrected chi connectivity index (χ3v) is 6.82. The number of nitrogens with zero attached hydrogens (tertiary/aromatic N) is 2. The molecule has 0 fully saturated rings. The monoisotopic (exact) mass is 512 g/mol. The fraction of sp³-hybridized carbons (Fsp3) is 0.174. The molecule has 9 heteroatoms. The standard InChI is InChI=1S/C23H17BrN2O5S/c1-11-10-32-23(25-11)26-19(12-4-6-16(29-2)17(8-12)30-3)18-20(27)14-9-13(24)5-7-15(14)31-21(18)22(26)28/h4-10,19H,1-3H3/t19-/m0/s1. The molecule has 1 amide bonds. The topological polar surface area (TPSA) is 81.9 Å². The lowest BCUT2D eigenvalue weighted by atomic mass is 9.98. The molecule has 4 aromatic rings. The van der Waals surface area contributed by atoms with Gasteiger partial charge in [0.1, 0.15) is 5.58 Å². The van der Waals surface area contributed by atoms with Crippen molar-refractivity contribution in [3.8, 4) is 11.5 Å². The lowest BCUT2D eigenvalue weighted by Gasteiger charge is -2.23. The molecule has 32 heavy (non-hydrogen) atoms. The molecule has 0 unspecified atom stereocenters. The SMILES string of the molecule is COc1ccc([C@H]2c3c(oc4ccc(Br)cc4c3=O)C(=O)N2c2nc(C)cs2)cc1OC. The average Bonchev–Trinajstić information content (AvgIpc) is 3.34. The summed E-state index contributed by atoms with van der Waals surface area (Å²) in [4.78, 5) is 33.2. The first-order chi connectivity index (χ1) is 15.4.